The second-order valence-corrected chi connectivity index (χ2v) is 6.81. The molecule has 3 amide bonds. The van der Waals surface area contributed by atoms with E-state index >= 15 is 0 Å². The first-order chi connectivity index (χ1) is 10.6. The molecule has 2 fully saturated rings. The van der Waals surface area contributed by atoms with Crippen LogP contribution in [0.15, 0.2) is 11.1 Å². The Hall–Kier alpha value is -1.36. The van der Waals surface area contributed by atoms with Gasteiger partial charge < -0.3 is 4.90 Å². The van der Waals surface area contributed by atoms with Gasteiger partial charge >= 0.3 is 0 Å². The molecule has 1 aliphatic carbocycles. The highest BCUT2D eigenvalue weighted by Crippen LogP contribution is 2.38. The number of allylic oxidation sites excluding steroid dienone is 2. The number of nitrogens with zero attached hydrogens (tertiary/aromatic N) is 2. The van der Waals surface area contributed by atoms with E-state index in [2.05, 4.69) is 0 Å². The van der Waals surface area contributed by atoms with Crippen LogP contribution in [0.3, 0.4) is 0 Å². The van der Waals surface area contributed by atoms with Crippen LogP contribution in [0.2, 0.25) is 0 Å². The fraction of sp³-hybridized carbons (Fsp3) is 0.688. The van der Waals surface area contributed by atoms with Gasteiger partial charge in [0.25, 0.3) is 0 Å². The molecule has 3 aliphatic rings. The maximum atomic E-state index is 12.4. The topological polar surface area (TPSA) is 57.7 Å². The molecule has 0 radical (unpaired) electrons. The van der Waals surface area contributed by atoms with Crippen molar-refractivity contribution in [1.82, 2.24) is 9.80 Å². The Morgan fingerprint density at radius 2 is 1.82 bits per heavy atom. The van der Waals surface area contributed by atoms with Gasteiger partial charge in [0.1, 0.15) is 0 Å². The number of amides is 3. The lowest BCUT2D eigenvalue weighted by atomic mass is 9.85. The van der Waals surface area contributed by atoms with E-state index in [1.54, 1.807) is 0 Å². The molecule has 0 spiro atoms. The van der Waals surface area contributed by atoms with Crippen LogP contribution in [0, 0.1) is 11.8 Å². The van der Waals surface area contributed by atoms with E-state index in [1.807, 2.05) is 11.0 Å². The molecule has 6 heteroatoms. The summed E-state index contributed by atoms with van der Waals surface area (Å²) in [6.07, 6.45) is 6.31. The fourth-order valence-corrected chi connectivity index (χ4v) is 3.88. The normalized spacial score (nSPS) is 28.7. The Balaban J connectivity index is 1.58. The molecule has 5 nitrogen and oxygen atoms in total. The lowest BCUT2D eigenvalue weighted by molar-refractivity contribution is -0.141. The molecule has 3 rings (SSSR count). The molecule has 2 saturated heterocycles. The van der Waals surface area contributed by atoms with E-state index in [-0.39, 0.29) is 42.5 Å². The Bertz CT molecular complexity index is 525. The molecule has 2 atom stereocenters. The number of halogens is 1. The van der Waals surface area contributed by atoms with Gasteiger partial charge in [-0.2, -0.15) is 0 Å². The second kappa shape index (κ2) is 6.41. The SMILES string of the molecule is O=C(CCN1C(=O)[C@@H]2CC=C(Cl)C[C@H]2C1=O)N1CCCCC1. The van der Waals surface area contributed by atoms with Gasteiger partial charge in [-0.1, -0.05) is 17.7 Å². The monoisotopic (exact) mass is 324 g/mol. The van der Waals surface area contributed by atoms with E-state index in [1.165, 1.54) is 11.3 Å². The molecule has 0 N–H and O–H groups in total. The molecule has 0 saturated carbocycles. The number of carbonyl (C=O) groups excluding carboxylic acids is 3. The molecule has 22 heavy (non-hydrogen) atoms. The third-order valence-corrected chi connectivity index (χ3v) is 5.23. The summed E-state index contributed by atoms with van der Waals surface area (Å²) in [6.45, 7) is 1.80. The summed E-state index contributed by atoms with van der Waals surface area (Å²) in [5, 5.41) is 0.661. The van der Waals surface area contributed by atoms with Gasteiger partial charge in [0, 0.05) is 31.1 Å². The maximum Gasteiger partial charge on any atom is 0.233 e. The molecule has 2 heterocycles. The van der Waals surface area contributed by atoms with Gasteiger partial charge in [0.05, 0.1) is 11.8 Å². The van der Waals surface area contributed by atoms with E-state index in [4.69, 9.17) is 11.6 Å². The van der Waals surface area contributed by atoms with Crippen molar-refractivity contribution in [3.05, 3.63) is 11.1 Å². The highest BCUT2D eigenvalue weighted by molar-refractivity contribution is 6.30. The molecular weight excluding hydrogens is 304 g/mol. The van der Waals surface area contributed by atoms with Gasteiger partial charge in [0.2, 0.25) is 17.7 Å². The summed E-state index contributed by atoms with van der Waals surface area (Å²) < 4.78 is 0. The summed E-state index contributed by atoms with van der Waals surface area (Å²) in [7, 11) is 0. The molecule has 2 aliphatic heterocycles. The van der Waals surface area contributed by atoms with Crippen LogP contribution < -0.4 is 0 Å². The standard InChI is InChI=1S/C16H21ClN2O3/c17-11-4-5-12-13(10-11)16(22)19(15(12)21)9-6-14(20)18-7-2-1-3-8-18/h4,12-13H,1-3,5-10H2/t12-,13-/m1/s1. The smallest absolute Gasteiger partial charge is 0.233 e. The summed E-state index contributed by atoms with van der Waals surface area (Å²) in [5.74, 6) is -0.851. The van der Waals surface area contributed by atoms with Gasteiger partial charge in [-0.15, -0.1) is 0 Å². The molecule has 120 valence electrons. The lowest BCUT2D eigenvalue weighted by Gasteiger charge is -2.27. The van der Waals surface area contributed by atoms with Crippen LogP contribution in [0.25, 0.3) is 0 Å². The van der Waals surface area contributed by atoms with Crippen LogP contribution in [0.5, 0.6) is 0 Å². The molecule has 0 aromatic heterocycles. The number of fused-ring (bicyclic) bond motifs is 1. The van der Waals surface area contributed by atoms with Crippen molar-refractivity contribution in [1.29, 1.82) is 0 Å². The van der Waals surface area contributed by atoms with Crippen LogP contribution in [0.4, 0.5) is 0 Å². The van der Waals surface area contributed by atoms with E-state index in [0.29, 0.717) is 17.9 Å². The minimum absolute atomic E-state index is 0.0475. The van der Waals surface area contributed by atoms with Crippen molar-refractivity contribution in [3.8, 4) is 0 Å². The van der Waals surface area contributed by atoms with Crippen LogP contribution >= 0.6 is 11.6 Å². The summed E-state index contributed by atoms with van der Waals surface area (Å²) >= 11 is 5.99. The first-order valence-corrected chi connectivity index (χ1v) is 8.43. The van der Waals surface area contributed by atoms with Crippen molar-refractivity contribution in [2.75, 3.05) is 19.6 Å². The number of likely N-dealkylation sites (tertiary alicyclic amines) is 2. The molecular formula is C16H21ClN2O3. The third kappa shape index (κ3) is 2.91. The van der Waals surface area contributed by atoms with Crippen molar-refractivity contribution >= 4 is 29.3 Å². The fourth-order valence-electron chi connectivity index (χ4n) is 3.63. The van der Waals surface area contributed by atoms with Gasteiger partial charge in [-0.05, 0) is 32.1 Å². The van der Waals surface area contributed by atoms with Crippen LogP contribution in [-0.4, -0.2) is 47.2 Å². The zero-order valence-electron chi connectivity index (χ0n) is 12.6. The summed E-state index contributed by atoms with van der Waals surface area (Å²) in [6, 6.07) is 0. The number of imide groups is 1. The number of carbonyl (C=O) groups is 3. The molecule has 0 bridgehead atoms. The van der Waals surface area contributed by atoms with Crippen LogP contribution in [-0.2, 0) is 14.4 Å². The van der Waals surface area contributed by atoms with Crippen molar-refractivity contribution in [2.45, 2.75) is 38.5 Å². The predicted molar refractivity (Wildman–Crippen MR) is 81.9 cm³/mol. The van der Waals surface area contributed by atoms with Crippen molar-refractivity contribution < 1.29 is 14.4 Å². The molecule has 0 unspecified atom stereocenters. The van der Waals surface area contributed by atoms with E-state index in [0.717, 1.165) is 25.9 Å². The van der Waals surface area contributed by atoms with Gasteiger partial charge in [0.15, 0.2) is 0 Å². The molecule has 0 aromatic rings. The zero-order valence-corrected chi connectivity index (χ0v) is 13.3. The number of hydrogen-bond acceptors (Lipinski definition) is 3. The van der Waals surface area contributed by atoms with Crippen LogP contribution in [0.1, 0.15) is 38.5 Å². The van der Waals surface area contributed by atoms with Crippen molar-refractivity contribution in [2.24, 2.45) is 11.8 Å². The summed E-state index contributed by atoms with van der Waals surface area (Å²) in [5.41, 5.74) is 0. The lowest BCUT2D eigenvalue weighted by Crippen LogP contribution is -2.39. The van der Waals surface area contributed by atoms with E-state index < -0.39 is 0 Å². The quantitative estimate of drug-likeness (QED) is 0.745. The Labute approximate surface area is 135 Å². The Kier molecular flexibility index (Phi) is 4.52. The largest absolute Gasteiger partial charge is 0.343 e. The third-order valence-electron chi connectivity index (χ3n) is 4.92. The predicted octanol–water partition coefficient (Wildman–Crippen LogP) is 1.91. The summed E-state index contributed by atoms with van der Waals surface area (Å²) in [4.78, 5) is 40.0. The average Bonchev–Trinajstić information content (AvgIpc) is 2.77. The zero-order chi connectivity index (χ0) is 15.7. The first kappa shape index (κ1) is 15.5. The number of rotatable bonds is 3. The van der Waals surface area contributed by atoms with E-state index in [9.17, 15) is 14.4 Å². The minimum Gasteiger partial charge on any atom is -0.343 e. The first-order valence-electron chi connectivity index (χ1n) is 8.05. The second-order valence-electron chi connectivity index (χ2n) is 6.32. The average molecular weight is 325 g/mol. The Morgan fingerprint density at radius 1 is 1.14 bits per heavy atom. The number of piperidine rings is 1. The van der Waals surface area contributed by atoms with Gasteiger partial charge in [-0.25, -0.2) is 0 Å². The minimum atomic E-state index is -0.324. The van der Waals surface area contributed by atoms with Crippen molar-refractivity contribution in [3.63, 3.8) is 0 Å². The molecule has 0 aromatic carbocycles. The maximum absolute atomic E-state index is 12.4. The van der Waals surface area contributed by atoms with Gasteiger partial charge in [-0.3, -0.25) is 19.3 Å². The highest BCUT2D eigenvalue weighted by Gasteiger charge is 2.48. The Morgan fingerprint density at radius 3 is 2.55 bits per heavy atom. The highest BCUT2D eigenvalue weighted by atomic mass is 35.5. The number of hydrogen-bond donors (Lipinski definition) is 0.